The summed E-state index contributed by atoms with van der Waals surface area (Å²) < 4.78 is 0. The topological polar surface area (TPSA) is 66.6 Å². The van der Waals surface area contributed by atoms with Crippen molar-refractivity contribution in [3.8, 4) is 5.75 Å². The first-order valence-corrected chi connectivity index (χ1v) is 7.02. The summed E-state index contributed by atoms with van der Waals surface area (Å²) in [6.07, 6.45) is 0. The molecule has 3 N–H and O–H groups in total. The maximum atomic E-state index is 12.5. The van der Waals surface area contributed by atoms with Gasteiger partial charge in [-0.05, 0) is 36.8 Å². The van der Waals surface area contributed by atoms with Crippen LogP contribution in [0.4, 0.5) is 5.69 Å². The van der Waals surface area contributed by atoms with Gasteiger partial charge in [0, 0.05) is 24.3 Å². The molecule has 0 aliphatic rings. The Hall–Kier alpha value is -2.20. The molecule has 1 amide bonds. The molecule has 2 aromatic rings. The first-order valence-electron chi connectivity index (χ1n) is 6.64. The van der Waals surface area contributed by atoms with E-state index in [-0.39, 0.29) is 16.7 Å². The van der Waals surface area contributed by atoms with Crippen LogP contribution in [-0.2, 0) is 6.54 Å². The molecule has 2 aromatic carbocycles. The third-order valence-electron chi connectivity index (χ3n) is 3.28. The number of benzene rings is 2. The Morgan fingerprint density at radius 1 is 1.29 bits per heavy atom. The van der Waals surface area contributed by atoms with Gasteiger partial charge in [0.2, 0.25) is 0 Å². The van der Waals surface area contributed by atoms with Gasteiger partial charge in [-0.3, -0.25) is 4.79 Å². The quantitative estimate of drug-likeness (QED) is 0.852. The highest BCUT2D eigenvalue weighted by Crippen LogP contribution is 2.24. The number of carbonyl (C=O) groups excluding carboxylic acids is 1. The van der Waals surface area contributed by atoms with Crippen LogP contribution in [0, 0.1) is 0 Å². The van der Waals surface area contributed by atoms with E-state index in [0.717, 1.165) is 5.56 Å². The zero-order valence-corrected chi connectivity index (χ0v) is 12.5. The van der Waals surface area contributed by atoms with Crippen molar-refractivity contribution in [2.24, 2.45) is 0 Å². The van der Waals surface area contributed by atoms with Gasteiger partial charge in [-0.15, -0.1) is 0 Å². The number of hydrogen-bond acceptors (Lipinski definition) is 3. The number of phenolic OH excluding ortho intramolecular Hbond substituents is 1. The van der Waals surface area contributed by atoms with Crippen LogP contribution in [0.25, 0.3) is 0 Å². The lowest BCUT2D eigenvalue weighted by Crippen LogP contribution is -2.30. The van der Waals surface area contributed by atoms with E-state index in [1.54, 1.807) is 11.0 Å². The zero-order chi connectivity index (χ0) is 15.4. The Bertz CT molecular complexity index is 658. The van der Waals surface area contributed by atoms with E-state index >= 15 is 0 Å². The smallest absolute Gasteiger partial charge is 0.254 e. The largest absolute Gasteiger partial charge is 0.506 e. The lowest BCUT2D eigenvalue weighted by Gasteiger charge is -2.22. The second-order valence-electron chi connectivity index (χ2n) is 4.68. The Balaban J connectivity index is 2.22. The van der Waals surface area contributed by atoms with Crippen molar-refractivity contribution in [1.82, 2.24) is 4.90 Å². The molecule has 0 unspecified atom stereocenters. The van der Waals surface area contributed by atoms with Crippen molar-refractivity contribution in [2.75, 3.05) is 12.3 Å². The average Bonchev–Trinajstić information content (AvgIpc) is 2.48. The predicted octanol–water partition coefficient (Wildman–Crippen LogP) is 3.29. The van der Waals surface area contributed by atoms with Crippen molar-refractivity contribution >= 4 is 23.2 Å². The Morgan fingerprint density at radius 3 is 2.62 bits per heavy atom. The molecular weight excluding hydrogens is 288 g/mol. The minimum absolute atomic E-state index is 0.0384. The van der Waals surface area contributed by atoms with Crippen molar-refractivity contribution in [3.05, 3.63) is 58.6 Å². The Morgan fingerprint density at radius 2 is 2.00 bits per heavy atom. The summed E-state index contributed by atoms with van der Waals surface area (Å²) in [5.74, 6) is -0.189. The molecule has 0 bridgehead atoms. The molecule has 0 saturated carbocycles. The fraction of sp³-hybridized carbons (Fsp3) is 0.188. The molecule has 5 heteroatoms. The molecule has 0 atom stereocenters. The van der Waals surface area contributed by atoms with Gasteiger partial charge in [-0.2, -0.15) is 0 Å². The van der Waals surface area contributed by atoms with E-state index in [2.05, 4.69) is 0 Å². The highest BCUT2D eigenvalue weighted by Gasteiger charge is 2.16. The van der Waals surface area contributed by atoms with Crippen LogP contribution >= 0.6 is 11.6 Å². The van der Waals surface area contributed by atoms with E-state index in [0.29, 0.717) is 24.3 Å². The number of nitrogens with zero attached hydrogens (tertiary/aromatic N) is 1. The summed E-state index contributed by atoms with van der Waals surface area (Å²) in [6.45, 7) is 2.88. The molecule has 2 rings (SSSR count). The van der Waals surface area contributed by atoms with Crippen LogP contribution in [0.5, 0.6) is 5.75 Å². The van der Waals surface area contributed by atoms with E-state index in [9.17, 15) is 9.90 Å². The van der Waals surface area contributed by atoms with Gasteiger partial charge in [-0.1, -0.05) is 29.8 Å². The van der Waals surface area contributed by atoms with Gasteiger partial charge in [-0.25, -0.2) is 0 Å². The first-order chi connectivity index (χ1) is 10.0. The second-order valence-corrected chi connectivity index (χ2v) is 5.09. The van der Waals surface area contributed by atoms with Crippen LogP contribution in [0.15, 0.2) is 42.5 Å². The predicted molar refractivity (Wildman–Crippen MR) is 84.4 cm³/mol. The molecule has 0 radical (unpaired) electrons. The summed E-state index contributed by atoms with van der Waals surface area (Å²) >= 11 is 5.85. The number of aromatic hydroxyl groups is 1. The Kier molecular flexibility index (Phi) is 4.70. The molecule has 110 valence electrons. The molecule has 0 fully saturated rings. The number of nitrogens with two attached hydrogens (primary N) is 1. The van der Waals surface area contributed by atoms with Gasteiger partial charge >= 0.3 is 0 Å². The van der Waals surface area contributed by atoms with Gasteiger partial charge in [0.1, 0.15) is 5.75 Å². The molecule has 0 aromatic heterocycles. The molecule has 21 heavy (non-hydrogen) atoms. The van der Waals surface area contributed by atoms with E-state index in [1.165, 1.54) is 12.1 Å². The van der Waals surface area contributed by atoms with Crippen LogP contribution < -0.4 is 5.73 Å². The maximum absolute atomic E-state index is 12.5. The second kappa shape index (κ2) is 6.50. The SMILES string of the molecule is CCN(Cc1ccccc1N)C(=O)c1ccc(O)c(Cl)c1. The van der Waals surface area contributed by atoms with E-state index < -0.39 is 0 Å². The zero-order valence-electron chi connectivity index (χ0n) is 11.7. The summed E-state index contributed by atoms with van der Waals surface area (Å²) in [4.78, 5) is 14.2. The monoisotopic (exact) mass is 304 g/mol. The Labute approximate surface area is 128 Å². The van der Waals surface area contributed by atoms with Gasteiger partial charge < -0.3 is 15.7 Å². The van der Waals surface area contributed by atoms with Gasteiger partial charge in [0.15, 0.2) is 0 Å². The summed E-state index contributed by atoms with van der Waals surface area (Å²) in [7, 11) is 0. The van der Waals surface area contributed by atoms with E-state index in [1.807, 2.05) is 31.2 Å². The number of hydrogen-bond donors (Lipinski definition) is 2. The average molecular weight is 305 g/mol. The van der Waals surface area contributed by atoms with Crippen molar-refractivity contribution in [2.45, 2.75) is 13.5 Å². The summed E-state index contributed by atoms with van der Waals surface area (Å²) in [5, 5.41) is 9.58. The number of anilines is 1. The number of nitrogen functional groups attached to an aromatic ring is 1. The van der Waals surface area contributed by atoms with Crippen LogP contribution in [-0.4, -0.2) is 22.5 Å². The fourth-order valence-electron chi connectivity index (χ4n) is 2.03. The number of amides is 1. The van der Waals surface area contributed by atoms with Crippen LogP contribution in [0.3, 0.4) is 0 Å². The third-order valence-corrected chi connectivity index (χ3v) is 3.58. The maximum Gasteiger partial charge on any atom is 0.254 e. The number of para-hydroxylation sites is 1. The summed E-state index contributed by atoms with van der Waals surface area (Å²) in [5.41, 5.74) is 7.91. The minimum Gasteiger partial charge on any atom is -0.506 e. The number of phenols is 1. The highest BCUT2D eigenvalue weighted by atomic mass is 35.5. The summed E-state index contributed by atoms with van der Waals surface area (Å²) in [6, 6.07) is 11.9. The number of rotatable bonds is 4. The van der Waals surface area contributed by atoms with E-state index in [4.69, 9.17) is 17.3 Å². The fourth-order valence-corrected chi connectivity index (χ4v) is 2.21. The van der Waals surface area contributed by atoms with Crippen LogP contribution in [0.1, 0.15) is 22.8 Å². The normalized spacial score (nSPS) is 10.4. The van der Waals surface area contributed by atoms with Gasteiger partial charge in [0.05, 0.1) is 5.02 Å². The molecule has 0 aliphatic heterocycles. The molecule has 0 saturated heterocycles. The lowest BCUT2D eigenvalue weighted by molar-refractivity contribution is 0.0753. The van der Waals surface area contributed by atoms with Crippen molar-refractivity contribution < 1.29 is 9.90 Å². The molecule has 0 heterocycles. The molecule has 4 nitrogen and oxygen atoms in total. The molecule has 0 spiro atoms. The minimum atomic E-state index is -0.150. The molecule has 0 aliphatic carbocycles. The number of carbonyl (C=O) groups is 1. The van der Waals surface area contributed by atoms with Gasteiger partial charge in [0.25, 0.3) is 5.91 Å². The standard InChI is InChI=1S/C16H17ClN2O2/c1-2-19(10-12-5-3-4-6-14(12)18)16(21)11-7-8-15(20)13(17)9-11/h3-9,20H,2,10,18H2,1H3. The first kappa shape index (κ1) is 15.2. The van der Waals surface area contributed by atoms with Crippen molar-refractivity contribution in [1.29, 1.82) is 0 Å². The van der Waals surface area contributed by atoms with Crippen molar-refractivity contribution in [3.63, 3.8) is 0 Å². The van der Waals surface area contributed by atoms with Crippen LogP contribution in [0.2, 0.25) is 5.02 Å². The lowest BCUT2D eigenvalue weighted by atomic mass is 10.1. The molecular formula is C16H17ClN2O2. The number of halogens is 1. The third kappa shape index (κ3) is 3.47. The highest BCUT2D eigenvalue weighted by molar-refractivity contribution is 6.32.